The molecule has 0 fully saturated rings. The van der Waals surface area contributed by atoms with E-state index in [2.05, 4.69) is 5.32 Å². The molecule has 1 N–H and O–H groups in total. The fraction of sp³-hybridized carbons (Fsp3) is 0.154. The third kappa shape index (κ3) is 4.61. The Kier molecular flexibility index (Phi) is 6.47. The fourth-order valence-electron chi connectivity index (χ4n) is 3.60. The first-order valence-corrected chi connectivity index (χ1v) is 10.9. The molecular formula is C26H22ClFN2O3. The number of rotatable bonds is 7. The van der Waals surface area contributed by atoms with Crippen molar-refractivity contribution < 1.29 is 18.7 Å². The van der Waals surface area contributed by atoms with Crippen molar-refractivity contribution in [1.82, 2.24) is 0 Å². The van der Waals surface area contributed by atoms with E-state index in [0.717, 1.165) is 23.0 Å². The molecule has 0 unspecified atom stereocenters. The molecule has 33 heavy (non-hydrogen) atoms. The number of aryl methyl sites for hydroxylation is 1. The van der Waals surface area contributed by atoms with Gasteiger partial charge in [0.15, 0.2) is 0 Å². The number of hydrogen-bond acceptors (Lipinski definition) is 4. The van der Waals surface area contributed by atoms with Gasteiger partial charge in [0.25, 0.3) is 11.8 Å². The highest BCUT2D eigenvalue weighted by Crippen LogP contribution is 2.35. The van der Waals surface area contributed by atoms with Crippen LogP contribution in [-0.2, 0) is 9.59 Å². The average Bonchev–Trinajstić information content (AvgIpc) is 3.04. The molecule has 1 aliphatic heterocycles. The molecule has 2 amide bonds. The Labute approximate surface area is 196 Å². The van der Waals surface area contributed by atoms with Crippen molar-refractivity contribution in [2.45, 2.75) is 20.3 Å². The van der Waals surface area contributed by atoms with Crippen LogP contribution < -0.4 is 15.0 Å². The zero-order valence-electron chi connectivity index (χ0n) is 18.2. The Morgan fingerprint density at radius 3 is 2.42 bits per heavy atom. The highest BCUT2D eigenvalue weighted by Gasteiger charge is 2.40. The molecule has 1 heterocycles. The van der Waals surface area contributed by atoms with Crippen molar-refractivity contribution in [1.29, 1.82) is 0 Å². The maximum Gasteiger partial charge on any atom is 0.282 e. The summed E-state index contributed by atoms with van der Waals surface area (Å²) in [4.78, 5) is 27.9. The van der Waals surface area contributed by atoms with Gasteiger partial charge in [-0.2, -0.15) is 0 Å². The summed E-state index contributed by atoms with van der Waals surface area (Å²) >= 11 is 6.06. The molecule has 7 heteroatoms. The van der Waals surface area contributed by atoms with E-state index in [9.17, 15) is 14.0 Å². The summed E-state index contributed by atoms with van der Waals surface area (Å²) in [5.74, 6) is -0.978. The van der Waals surface area contributed by atoms with Gasteiger partial charge in [0, 0.05) is 10.7 Å². The van der Waals surface area contributed by atoms with Crippen LogP contribution in [0.5, 0.6) is 5.75 Å². The van der Waals surface area contributed by atoms with Gasteiger partial charge in [-0.3, -0.25) is 9.59 Å². The Bertz CT molecular complexity index is 1250. The Morgan fingerprint density at radius 1 is 1.00 bits per heavy atom. The number of imide groups is 1. The molecule has 0 spiro atoms. The van der Waals surface area contributed by atoms with Crippen molar-refractivity contribution in [2.75, 3.05) is 16.8 Å². The second-order valence-corrected chi connectivity index (χ2v) is 8.07. The zero-order chi connectivity index (χ0) is 23.5. The fourth-order valence-corrected chi connectivity index (χ4v) is 3.83. The van der Waals surface area contributed by atoms with Crippen LogP contribution in [0.25, 0.3) is 5.57 Å². The van der Waals surface area contributed by atoms with Gasteiger partial charge < -0.3 is 10.1 Å². The van der Waals surface area contributed by atoms with Gasteiger partial charge in [0.1, 0.15) is 17.3 Å². The van der Waals surface area contributed by atoms with E-state index in [0.29, 0.717) is 28.6 Å². The van der Waals surface area contributed by atoms with Crippen LogP contribution in [-0.4, -0.2) is 18.4 Å². The molecule has 0 saturated carbocycles. The number of carbonyl (C=O) groups is 2. The van der Waals surface area contributed by atoms with E-state index >= 15 is 0 Å². The summed E-state index contributed by atoms with van der Waals surface area (Å²) in [6.45, 7) is 4.44. The summed E-state index contributed by atoms with van der Waals surface area (Å²) in [6, 6.07) is 17.6. The molecule has 1 aliphatic rings. The summed E-state index contributed by atoms with van der Waals surface area (Å²) < 4.78 is 19.5. The second kappa shape index (κ2) is 9.46. The summed E-state index contributed by atoms with van der Waals surface area (Å²) in [7, 11) is 0. The van der Waals surface area contributed by atoms with Crippen LogP contribution in [0.15, 0.2) is 72.4 Å². The van der Waals surface area contributed by atoms with Gasteiger partial charge >= 0.3 is 0 Å². The van der Waals surface area contributed by atoms with Gasteiger partial charge in [-0.05, 0) is 73.0 Å². The van der Waals surface area contributed by atoms with E-state index in [-0.39, 0.29) is 17.0 Å². The van der Waals surface area contributed by atoms with E-state index in [4.69, 9.17) is 16.3 Å². The van der Waals surface area contributed by atoms with Crippen molar-refractivity contribution >= 4 is 40.4 Å². The minimum absolute atomic E-state index is 0.108. The van der Waals surface area contributed by atoms with Gasteiger partial charge in [-0.1, -0.05) is 36.7 Å². The highest BCUT2D eigenvalue weighted by molar-refractivity contribution is 6.46. The summed E-state index contributed by atoms with van der Waals surface area (Å²) in [6.07, 6.45) is 0.872. The number of nitrogens with one attached hydrogen (secondary N) is 1. The molecule has 0 bridgehead atoms. The van der Waals surface area contributed by atoms with Gasteiger partial charge in [-0.15, -0.1) is 0 Å². The van der Waals surface area contributed by atoms with Gasteiger partial charge in [0.05, 0.1) is 17.9 Å². The van der Waals surface area contributed by atoms with E-state index in [1.54, 1.807) is 42.5 Å². The molecule has 0 saturated heterocycles. The van der Waals surface area contributed by atoms with Crippen LogP contribution >= 0.6 is 11.6 Å². The highest BCUT2D eigenvalue weighted by atomic mass is 35.5. The van der Waals surface area contributed by atoms with Crippen molar-refractivity contribution in [3.8, 4) is 5.75 Å². The Morgan fingerprint density at radius 2 is 1.76 bits per heavy atom. The van der Waals surface area contributed by atoms with E-state index < -0.39 is 17.6 Å². The smallest absolute Gasteiger partial charge is 0.282 e. The largest absolute Gasteiger partial charge is 0.494 e. The van der Waals surface area contributed by atoms with Crippen molar-refractivity contribution in [3.63, 3.8) is 0 Å². The topological polar surface area (TPSA) is 58.6 Å². The summed E-state index contributed by atoms with van der Waals surface area (Å²) in [5.41, 5.74) is 2.46. The van der Waals surface area contributed by atoms with Gasteiger partial charge in [0.2, 0.25) is 0 Å². The SMILES string of the molecule is CCCOc1ccc(C2=C(Nc3ccc(Cl)cc3C)C(=O)N(c3cccc(F)c3)C2=O)cc1. The number of amides is 2. The molecule has 0 aliphatic carbocycles. The predicted octanol–water partition coefficient (Wildman–Crippen LogP) is 5.97. The molecule has 3 aromatic carbocycles. The first kappa shape index (κ1) is 22.6. The minimum Gasteiger partial charge on any atom is -0.494 e. The standard InChI is InChI=1S/C26H22ClFN2O3/c1-3-13-33-21-10-7-17(8-11-21)23-24(29-22-12-9-18(27)14-16(22)2)26(32)30(25(23)31)20-6-4-5-19(28)15-20/h4-12,14-15,29H,3,13H2,1-2H3. The third-order valence-electron chi connectivity index (χ3n) is 5.21. The van der Waals surface area contributed by atoms with Gasteiger partial charge in [-0.25, -0.2) is 9.29 Å². The number of hydrogen-bond donors (Lipinski definition) is 1. The Balaban J connectivity index is 1.78. The maximum atomic E-state index is 13.9. The summed E-state index contributed by atoms with van der Waals surface area (Å²) in [5, 5.41) is 3.67. The lowest BCUT2D eigenvalue weighted by Crippen LogP contribution is -2.32. The first-order chi connectivity index (χ1) is 15.9. The van der Waals surface area contributed by atoms with E-state index in [1.807, 2.05) is 13.8 Å². The first-order valence-electron chi connectivity index (χ1n) is 10.5. The zero-order valence-corrected chi connectivity index (χ0v) is 18.9. The monoisotopic (exact) mass is 464 g/mol. The molecule has 5 nitrogen and oxygen atoms in total. The van der Waals surface area contributed by atoms with Crippen molar-refractivity contribution in [3.05, 3.63) is 94.4 Å². The molecule has 3 aromatic rings. The number of benzene rings is 3. The lowest BCUT2D eigenvalue weighted by atomic mass is 10.0. The van der Waals surface area contributed by atoms with Crippen LogP contribution in [0.4, 0.5) is 15.8 Å². The quantitative estimate of drug-likeness (QED) is 0.437. The number of nitrogens with zero attached hydrogens (tertiary/aromatic N) is 1. The second-order valence-electron chi connectivity index (χ2n) is 7.63. The lowest BCUT2D eigenvalue weighted by Gasteiger charge is -2.16. The molecule has 168 valence electrons. The number of ether oxygens (including phenoxy) is 1. The van der Waals surface area contributed by atoms with Crippen LogP contribution in [0, 0.1) is 12.7 Å². The molecular weight excluding hydrogens is 443 g/mol. The normalized spacial score (nSPS) is 13.6. The average molecular weight is 465 g/mol. The van der Waals surface area contributed by atoms with E-state index in [1.165, 1.54) is 18.2 Å². The maximum absolute atomic E-state index is 13.9. The Hall–Kier alpha value is -3.64. The predicted molar refractivity (Wildman–Crippen MR) is 128 cm³/mol. The molecule has 4 rings (SSSR count). The van der Waals surface area contributed by atoms with Crippen LogP contribution in [0.3, 0.4) is 0 Å². The third-order valence-corrected chi connectivity index (χ3v) is 5.45. The molecule has 0 aromatic heterocycles. The number of anilines is 2. The minimum atomic E-state index is -0.568. The number of halogens is 2. The van der Waals surface area contributed by atoms with Crippen LogP contribution in [0.2, 0.25) is 5.02 Å². The van der Waals surface area contributed by atoms with Crippen molar-refractivity contribution in [2.24, 2.45) is 0 Å². The number of carbonyl (C=O) groups excluding carboxylic acids is 2. The van der Waals surface area contributed by atoms with Crippen LogP contribution in [0.1, 0.15) is 24.5 Å². The lowest BCUT2D eigenvalue weighted by molar-refractivity contribution is -0.120. The molecule has 0 radical (unpaired) electrons. The molecule has 0 atom stereocenters.